The molecule has 0 radical (unpaired) electrons. The summed E-state index contributed by atoms with van der Waals surface area (Å²) in [5.74, 6) is -1.51. The van der Waals surface area contributed by atoms with Crippen LogP contribution in [0.5, 0.6) is 0 Å². The van der Waals surface area contributed by atoms with Crippen molar-refractivity contribution in [1.82, 2.24) is 10.2 Å². The van der Waals surface area contributed by atoms with Crippen LogP contribution in [0.1, 0.15) is 45.6 Å². The van der Waals surface area contributed by atoms with Crippen molar-refractivity contribution in [3.05, 3.63) is 65.7 Å². The SMILES string of the molecule is CCC(C(=O)NC(C)C)N(Cc1ccc(F)cc1)C(=O)CCCN(c1ccc(F)cc1)S(C)(=O)=O. The molecule has 0 spiro atoms. The lowest BCUT2D eigenvalue weighted by Gasteiger charge is -2.31. The lowest BCUT2D eigenvalue weighted by molar-refractivity contribution is -0.141. The molecule has 1 unspecified atom stereocenters. The van der Waals surface area contributed by atoms with Gasteiger partial charge in [-0.05, 0) is 68.7 Å². The van der Waals surface area contributed by atoms with Crippen molar-refractivity contribution in [2.45, 2.75) is 58.7 Å². The summed E-state index contributed by atoms with van der Waals surface area (Å²) in [5.41, 5.74) is 0.965. The Morgan fingerprint density at radius 2 is 1.51 bits per heavy atom. The molecule has 0 heterocycles. The van der Waals surface area contributed by atoms with Crippen LogP contribution in [0.4, 0.5) is 14.5 Å². The van der Waals surface area contributed by atoms with Crippen molar-refractivity contribution in [2.75, 3.05) is 17.1 Å². The largest absolute Gasteiger partial charge is 0.352 e. The van der Waals surface area contributed by atoms with E-state index in [9.17, 15) is 26.8 Å². The highest BCUT2D eigenvalue weighted by atomic mass is 32.2. The Balaban J connectivity index is 2.20. The number of halogens is 2. The molecular formula is C25H33F2N3O4S. The molecule has 1 N–H and O–H groups in total. The number of nitrogens with zero attached hydrogens (tertiary/aromatic N) is 2. The fourth-order valence-electron chi connectivity index (χ4n) is 3.70. The van der Waals surface area contributed by atoms with E-state index in [1.807, 2.05) is 13.8 Å². The summed E-state index contributed by atoms with van der Waals surface area (Å²) in [6.45, 7) is 5.57. The summed E-state index contributed by atoms with van der Waals surface area (Å²) in [6, 6.07) is 9.91. The molecular weight excluding hydrogens is 476 g/mol. The number of sulfonamides is 1. The van der Waals surface area contributed by atoms with E-state index < -0.39 is 27.7 Å². The zero-order valence-electron chi connectivity index (χ0n) is 20.5. The van der Waals surface area contributed by atoms with E-state index in [1.165, 1.54) is 41.3 Å². The summed E-state index contributed by atoms with van der Waals surface area (Å²) in [6.07, 6.45) is 1.59. The zero-order valence-corrected chi connectivity index (χ0v) is 21.3. The van der Waals surface area contributed by atoms with Gasteiger partial charge in [0, 0.05) is 25.6 Å². The van der Waals surface area contributed by atoms with Gasteiger partial charge in [-0.2, -0.15) is 0 Å². The van der Waals surface area contributed by atoms with Crippen molar-refractivity contribution in [1.29, 1.82) is 0 Å². The van der Waals surface area contributed by atoms with Crippen LogP contribution < -0.4 is 9.62 Å². The number of nitrogens with one attached hydrogen (secondary N) is 1. The molecule has 0 fully saturated rings. The highest BCUT2D eigenvalue weighted by Crippen LogP contribution is 2.20. The summed E-state index contributed by atoms with van der Waals surface area (Å²) in [7, 11) is -3.66. The fourth-order valence-corrected chi connectivity index (χ4v) is 4.66. The Hall–Kier alpha value is -3.01. The van der Waals surface area contributed by atoms with Crippen LogP contribution in [-0.4, -0.2) is 50.0 Å². The molecule has 10 heteroatoms. The first-order valence-electron chi connectivity index (χ1n) is 11.5. The van der Waals surface area contributed by atoms with E-state index >= 15 is 0 Å². The second kappa shape index (κ2) is 12.6. The van der Waals surface area contributed by atoms with Gasteiger partial charge in [-0.15, -0.1) is 0 Å². The van der Waals surface area contributed by atoms with E-state index in [0.717, 1.165) is 10.6 Å². The van der Waals surface area contributed by atoms with Crippen LogP contribution in [0, 0.1) is 11.6 Å². The van der Waals surface area contributed by atoms with Crippen molar-refractivity contribution in [3.8, 4) is 0 Å². The molecule has 0 saturated carbocycles. The van der Waals surface area contributed by atoms with Crippen LogP contribution >= 0.6 is 0 Å². The summed E-state index contributed by atoms with van der Waals surface area (Å²) in [4.78, 5) is 27.5. The van der Waals surface area contributed by atoms with Gasteiger partial charge in [-0.1, -0.05) is 19.1 Å². The van der Waals surface area contributed by atoms with Gasteiger partial charge in [0.05, 0.1) is 11.9 Å². The van der Waals surface area contributed by atoms with E-state index in [-0.39, 0.29) is 43.8 Å². The average Bonchev–Trinajstić information content (AvgIpc) is 2.77. The highest BCUT2D eigenvalue weighted by molar-refractivity contribution is 7.92. The third-order valence-electron chi connectivity index (χ3n) is 5.35. The Bertz CT molecular complexity index is 1090. The van der Waals surface area contributed by atoms with Crippen molar-refractivity contribution in [3.63, 3.8) is 0 Å². The normalized spacial score (nSPS) is 12.3. The van der Waals surface area contributed by atoms with E-state index in [2.05, 4.69) is 5.32 Å². The zero-order chi connectivity index (χ0) is 26.2. The third kappa shape index (κ3) is 8.61. The lowest BCUT2D eigenvalue weighted by Crippen LogP contribution is -2.50. The van der Waals surface area contributed by atoms with Gasteiger partial charge in [-0.3, -0.25) is 13.9 Å². The molecule has 2 aromatic carbocycles. The van der Waals surface area contributed by atoms with Crippen LogP contribution in [0.3, 0.4) is 0 Å². The Morgan fingerprint density at radius 3 is 2.00 bits per heavy atom. The molecule has 35 heavy (non-hydrogen) atoms. The van der Waals surface area contributed by atoms with Crippen LogP contribution in [0.25, 0.3) is 0 Å². The van der Waals surface area contributed by atoms with Gasteiger partial charge in [-0.25, -0.2) is 17.2 Å². The van der Waals surface area contributed by atoms with Crippen LogP contribution in [0.2, 0.25) is 0 Å². The summed E-state index contributed by atoms with van der Waals surface area (Å²) in [5, 5.41) is 2.83. The summed E-state index contributed by atoms with van der Waals surface area (Å²) >= 11 is 0. The van der Waals surface area contributed by atoms with Gasteiger partial charge in [0.1, 0.15) is 17.7 Å². The van der Waals surface area contributed by atoms with Gasteiger partial charge >= 0.3 is 0 Å². The van der Waals surface area contributed by atoms with Crippen molar-refractivity contribution in [2.24, 2.45) is 0 Å². The number of hydrogen-bond acceptors (Lipinski definition) is 4. The van der Waals surface area contributed by atoms with Gasteiger partial charge in [0.15, 0.2) is 0 Å². The van der Waals surface area contributed by atoms with E-state index in [4.69, 9.17) is 0 Å². The molecule has 7 nitrogen and oxygen atoms in total. The maximum atomic E-state index is 13.4. The van der Waals surface area contributed by atoms with Crippen molar-refractivity contribution < 1.29 is 26.8 Å². The quantitative estimate of drug-likeness (QED) is 0.471. The monoisotopic (exact) mass is 509 g/mol. The molecule has 192 valence electrons. The minimum absolute atomic E-state index is 0.00950. The lowest BCUT2D eigenvalue weighted by atomic mass is 10.1. The Kier molecular flexibility index (Phi) is 10.2. The third-order valence-corrected chi connectivity index (χ3v) is 6.54. The predicted octanol–water partition coefficient (Wildman–Crippen LogP) is 3.84. The minimum Gasteiger partial charge on any atom is -0.352 e. The Morgan fingerprint density at radius 1 is 0.971 bits per heavy atom. The molecule has 2 rings (SSSR count). The van der Waals surface area contributed by atoms with E-state index in [0.29, 0.717) is 17.7 Å². The number of anilines is 1. The van der Waals surface area contributed by atoms with E-state index in [1.54, 1.807) is 19.1 Å². The fraction of sp³-hybridized carbons (Fsp3) is 0.440. The number of carbonyl (C=O) groups is 2. The molecule has 2 aromatic rings. The maximum Gasteiger partial charge on any atom is 0.243 e. The number of hydrogen-bond donors (Lipinski definition) is 1. The highest BCUT2D eigenvalue weighted by Gasteiger charge is 2.29. The molecule has 0 aromatic heterocycles. The maximum absolute atomic E-state index is 13.4. The number of benzene rings is 2. The molecule has 0 saturated heterocycles. The van der Waals surface area contributed by atoms with Gasteiger partial charge < -0.3 is 10.2 Å². The average molecular weight is 510 g/mol. The topological polar surface area (TPSA) is 86.8 Å². The Labute approximate surface area is 206 Å². The van der Waals surface area contributed by atoms with Crippen LogP contribution in [0.15, 0.2) is 48.5 Å². The molecule has 0 aliphatic heterocycles. The second-order valence-electron chi connectivity index (χ2n) is 8.65. The smallest absolute Gasteiger partial charge is 0.243 e. The number of amides is 2. The molecule has 1 atom stereocenters. The summed E-state index contributed by atoms with van der Waals surface area (Å²) < 4.78 is 52.3. The second-order valence-corrected chi connectivity index (χ2v) is 10.6. The van der Waals surface area contributed by atoms with Gasteiger partial charge in [0.2, 0.25) is 21.8 Å². The standard InChI is InChI=1S/C25H33F2N3O4S/c1-5-23(25(32)28-18(2)3)29(17-19-8-10-20(26)11-9-19)24(31)7-6-16-30(35(4,33)34)22-14-12-21(27)13-15-22/h8-15,18,23H,5-7,16-17H2,1-4H3,(H,28,32). The molecule has 0 aliphatic rings. The molecule has 0 bridgehead atoms. The van der Waals surface area contributed by atoms with Crippen LogP contribution in [-0.2, 0) is 26.2 Å². The first-order valence-corrected chi connectivity index (χ1v) is 13.3. The number of rotatable bonds is 12. The van der Waals surface area contributed by atoms with Gasteiger partial charge in [0.25, 0.3) is 0 Å². The minimum atomic E-state index is -3.66. The predicted molar refractivity (Wildman–Crippen MR) is 132 cm³/mol. The number of carbonyl (C=O) groups excluding carboxylic acids is 2. The first kappa shape index (κ1) is 28.2. The van der Waals surface area contributed by atoms with Crippen molar-refractivity contribution >= 4 is 27.5 Å². The molecule has 2 amide bonds. The molecule has 0 aliphatic carbocycles. The first-order chi connectivity index (χ1) is 16.4.